The highest BCUT2D eigenvalue weighted by atomic mass is 32.1. The molecular formula is C22H27N3O3S2. The van der Waals surface area contributed by atoms with Crippen LogP contribution in [-0.4, -0.2) is 23.5 Å². The van der Waals surface area contributed by atoms with E-state index in [1.807, 2.05) is 6.07 Å². The number of nitrogens with one attached hydrogen (secondary N) is 2. The monoisotopic (exact) mass is 445 g/mol. The molecule has 30 heavy (non-hydrogen) atoms. The number of fused-ring (bicyclic) bond motifs is 1. The smallest absolute Gasteiger partial charge is 0.257 e. The maximum absolute atomic E-state index is 12.6. The normalized spacial score (nSPS) is 12.9. The molecule has 1 aromatic carbocycles. The van der Waals surface area contributed by atoms with E-state index in [9.17, 15) is 9.59 Å². The first-order valence-corrected chi connectivity index (χ1v) is 11.4. The van der Waals surface area contributed by atoms with Gasteiger partial charge in [0.2, 0.25) is 0 Å². The van der Waals surface area contributed by atoms with Crippen molar-refractivity contribution in [1.82, 2.24) is 5.32 Å². The molecule has 6 nitrogen and oxygen atoms in total. The molecule has 1 aromatic heterocycles. The van der Waals surface area contributed by atoms with Crippen molar-refractivity contribution < 1.29 is 14.3 Å². The van der Waals surface area contributed by atoms with E-state index in [4.69, 9.17) is 22.7 Å². The molecule has 0 fully saturated rings. The van der Waals surface area contributed by atoms with Crippen LogP contribution >= 0.6 is 23.6 Å². The summed E-state index contributed by atoms with van der Waals surface area (Å²) in [5.74, 6) is 0.373. The van der Waals surface area contributed by atoms with Crippen molar-refractivity contribution in [2.24, 2.45) is 11.7 Å². The van der Waals surface area contributed by atoms with Crippen LogP contribution in [0.3, 0.4) is 0 Å². The summed E-state index contributed by atoms with van der Waals surface area (Å²) < 4.78 is 5.72. The summed E-state index contributed by atoms with van der Waals surface area (Å²) in [6.45, 7) is 4.87. The van der Waals surface area contributed by atoms with E-state index in [1.165, 1.54) is 11.3 Å². The highest BCUT2D eigenvalue weighted by Gasteiger charge is 2.24. The second kappa shape index (κ2) is 10.0. The summed E-state index contributed by atoms with van der Waals surface area (Å²) >= 11 is 6.80. The largest absolute Gasteiger partial charge is 0.494 e. The van der Waals surface area contributed by atoms with Gasteiger partial charge in [0.1, 0.15) is 10.8 Å². The van der Waals surface area contributed by atoms with Gasteiger partial charge in [0.05, 0.1) is 12.2 Å². The van der Waals surface area contributed by atoms with Crippen LogP contribution < -0.4 is 21.1 Å². The van der Waals surface area contributed by atoms with Gasteiger partial charge in [0, 0.05) is 10.4 Å². The van der Waals surface area contributed by atoms with Crippen molar-refractivity contribution >= 4 is 45.5 Å². The Morgan fingerprint density at radius 3 is 2.77 bits per heavy atom. The van der Waals surface area contributed by atoms with Crippen LogP contribution in [0.2, 0.25) is 0 Å². The number of thiocarbonyl (C=S) groups is 1. The first-order chi connectivity index (χ1) is 14.3. The Hall–Kier alpha value is -2.45. The number of hydrogen-bond acceptors (Lipinski definition) is 5. The summed E-state index contributed by atoms with van der Waals surface area (Å²) in [5.41, 5.74) is 7.56. The second-order valence-corrected chi connectivity index (χ2v) is 9.26. The lowest BCUT2D eigenvalue weighted by atomic mass is 9.95. The molecule has 4 N–H and O–H groups in total. The average Bonchev–Trinajstić information content (AvgIpc) is 3.05. The number of amides is 2. The Morgan fingerprint density at radius 1 is 1.27 bits per heavy atom. The van der Waals surface area contributed by atoms with Crippen LogP contribution in [0.15, 0.2) is 24.3 Å². The molecule has 0 unspecified atom stereocenters. The zero-order valence-electron chi connectivity index (χ0n) is 17.2. The molecule has 0 saturated carbocycles. The number of hydrogen-bond donors (Lipinski definition) is 3. The van der Waals surface area contributed by atoms with E-state index < -0.39 is 5.91 Å². The van der Waals surface area contributed by atoms with Crippen LogP contribution in [0.4, 0.5) is 5.00 Å². The van der Waals surface area contributed by atoms with Gasteiger partial charge < -0.3 is 15.8 Å². The molecule has 0 spiro atoms. The Labute approximate surface area is 186 Å². The molecule has 0 aliphatic heterocycles. The summed E-state index contributed by atoms with van der Waals surface area (Å²) in [5, 5.41) is 6.40. The molecule has 0 atom stereocenters. The first-order valence-electron chi connectivity index (χ1n) is 10.1. The quantitative estimate of drug-likeness (QED) is 0.553. The maximum atomic E-state index is 12.6. The average molecular weight is 446 g/mol. The van der Waals surface area contributed by atoms with Gasteiger partial charge in [-0.3, -0.25) is 14.9 Å². The third-order valence-electron chi connectivity index (χ3n) is 4.93. The zero-order valence-corrected chi connectivity index (χ0v) is 18.9. The fourth-order valence-corrected chi connectivity index (χ4v) is 4.92. The third kappa shape index (κ3) is 5.58. The van der Waals surface area contributed by atoms with Gasteiger partial charge in [-0.05, 0) is 74.0 Å². The second-order valence-electron chi connectivity index (χ2n) is 7.75. The predicted molar refractivity (Wildman–Crippen MR) is 125 cm³/mol. The molecule has 0 saturated heterocycles. The number of benzene rings is 1. The molecule has 160 valence electrons. The van der Waals surface area contributed by atoms with Gasteiger partial charge in [-0.25, -0.2) is 0 Å². The lowest BCUT2D eigenvalue weighted by molar-refractivity contribution is 0.0975. The Balaban J connectivity index is 1.65. The fraction of sp³-hybridized carbons (Fsp3) is 0.409. The lowest BCUT2D eigenvalue weighted by Gasteiger charge is -2.12. The van der Waals surface area contributed by atoms with E-state index in [1.54, 1.807) is 18.2 Å². The van der Waals surface area contributed by atoms with E-state index in [2.05, 4.69) is 24.5 Å². The Morgan fingerprint density at radius 2 is 2.03 bits per heavy atom. The minimum absolute atomic E-state index is 0.132. The van der Waals surface area contributed by atoms with Crippen molar-refractivity contribution in [3.05, 3.63) is 45.8 Å². The fourth-order valence-electron chi connectivity index (χ4n) is 3.36. The van der Waals surface area contributed by atoms with Crippen molar-refractivity contribution in [2.45, 2.75) is 46.0 Å². The summed E-state index contributed by atoms with van der Waals surface area (Å²) in [6.07, 6.45) is 4.86. The number of primary amides is 1. The minimum Gasteiger partial charge on any atom is -0.494 e. The number of anilines is 1. The molecule has 3 rings (SSSR count). The minimum atomic E-state index is -0.475. The number of rotatable bonds is 7. The number of nitrogens with two attached hydrogens (primary N) is 1. The molecule has 2 amide bonds. The van der Waals surface area contributed by atoms with Crippen LogP contribution in [-0.2, 0) is 12.8 Å². The number of carbonyl (C=O) groups excluding carboxylic acids is 2. The molecular weight excluding hydrogens is 418 g/mol. The standard InChI is InChI=1S/C22H27N3O3S2/c1-13(2)10-11-28-15-7-5-6-14(12-15)20(27)24-22(29)25-21-18(19(23)26)16-8-3-4-9-17(16)30-21/h5-7,12-13H,3-4,8-11H2,1-2H3,(H2,23,26)(H2,24,25,27,29). The van der Waals surface area contributed by atoms with Crippen molar-refractivity contribution in [3.63, 3.8) is 0 Å². The summed E-state index contributed by atoms with van der Waals surface area (Å²) in [7, 11) is 0. The SMILES string of the molecule is CC(C)CCOc1cccc(C(=O)NC(=S)Nc2sc3c(c2C(N)=O)CCCC3)c1. The molecule has 8 heteroatoms. The van der Waals surface area contributed by atoms with Crippen LogP contribution in [0.25, 0.3) is 0 Å². The van der Waals surface area contributed by atoms with Gasteiger partial charge in [-0.1, -0.05) is 19.9 Å². The Kier molecular flexibility index (Phi) is 7.44. The van der Waals surface area contributed by atoms with E-state index in [0.29, 0.717) is 34.4 Å². The zero-order chi connectivity index (χ0) is 21.7. The van der Waals surface area contributed by atoms with E-state index >= 15 is 0 Å². The predicted octanol–water partition coefficient (Wildman–Crippen LogP) is 4.28. The number of aryl methyl sites for hydroxylation is 1. The topological polar surface area (TPSA) is 93.4 Å². The lowest BCUT2D eigenvalue weighted by Crippen LogP contribution is -2.34. The molecule has 1 aliphatic rings. The van der Waals surface area contributed by atoms with Gasteiger partial charge in [0.25, 0.3) is 11.8 Å². The van der Waals surface area contributed by atoms with Crippen LogP contribution in [0.5, 0.6) is 5.75 Å². The molecule has 0 radical (unpaired) electrons. The first kappa shape index (κ1) is 22.2. The Bertz CT molecular complexity index is 953. The van der Waals surface area contributed by atoms with Crippen molar-refractivity contribution in [3.8, 4) is 5.75 Å². The highest BCUT2D eigenvalue weighted by molar-refractivity contribution is 7.80. The van der Waals surface area contributed by atoms with Gasteiger partial charge in [-0.2, -0.15) is 0 Å². The van der Waals surface area contributed by atoms with Crippen molar-refractivity contribution in [1.29, 1.82) is 0 Å². The summed E-state index contributed by atoms with van der Waals surface area (Å²) in [4.78, 5) is 25.8. The molecule has 1 heterocycles. The van der Waals surface area contributed by atoms with E-state index in [0.717, 1.165) is 42.5 Å². The van der Waals surface area contributed by atoms with Gasteiger partial charge >= 0.3 is 0 Å². The third-order valence-corrected chi connectivity index (χ3v) is 6.34. The van der Waals surface area contributed by atoms with E-state index in [-0.39, 0.29) is 11.0 Å². The highest BCUT2D eigenvalue weighted by Crippen LogP contribution is 2.37. The molecule has 2 aromatic rings. The molecule has 0 bridgehead atoms. The van der Waals surface area contributed by atoms with Crippen LogP contribution in [0, 0.1) is 5.92 Å². The number of carbonyl (C=O) groups is 2. The number of thiophene rings is 1. The van der Waals surface area contributed by atoms with Crippen LogP contribution in [0.1, 0.15) is 64.3 Å². The van der Waals surface area contributed by atoms with Gasteiger partial charge in [0.15, 0.2) is 5.11 Å². The molecule has 1 aliphatic carbocycles. The maximum Gasteiger partial charge on any atom is 0.257 e. The summed E-state index contributed by atoms with van der Waals surface area (Å²) in [6, 6.07) is 6.99. The number of ether oxygens (including phenoxy) is 1. The van der Waals surface area contributed by atoms with Crippen molar-refractivity contribution in [2.75, 3.05) is 11.9 Å². The van der Waals surface area contributed by atoms with Gasteiger partial charge in [-0.15, -0.1) is 11.3 Å².